The lowest BCUT2D eigenvalue weighted by molar-refractivity contribution is 0.371. The number of hydrogen-bond acceptors (Lipinski definition) is 4. The van der Waals surface area contributed by atoms with Crippen molar-refractivity contribution in [1.82, 2.24) is 25.0 Å². The molecule has 0 saturated carbocycles. The minimum atomic E-state index is 0.546. The number of unbranched alkanes of at least 4 members (excludes halogenated alkanes) is 1. The maximum atomic E-state index is 4.85. The molecule has 0 unspecified atom stereocenters. The van der Waals surface area contributed by atoms with Crippen LogP contribution in [0.1, 0.15) is 31.4 Å². The van der Waals surface area contributed by atoms with Gasteiger partial charge in [0, 0.05) is 45.5 Å². The first-order valence-corrected chi connectivity index (χ1v) is 9.87. The van der Waals surface area contributed by atoms with Crippen molar-refractivity contribution in [3.05, 3.63) is 42.0 Å². The smallest absolute Gasteiger partial charge is 0.194 e. The van der Waals surface area contributed by atoms with Crippen LogP contribution in [0, 0.1) is 6.92 Å². The van der Waals surface area contributed by atoms with Gasteiger partial charge in [-0.05, 0) is 25.5 Å². The Kier molecular flexibility index (Phi) is 6.68. The van der Waals surface area contributed by atoms with E-state index in [1.165, 1.54) is 12.1 Å². The first kappa shape index (κ1) is 19.2. The van der Waals surface area contributed by atoms with Gasteiger partial charge < -0.3 is 19.7 Å². The first-order valence-electron chi connectivity index (χ1n) is 9.87. The van der Waals surface area contributed by atoms with E-state index in [-0.39, 0.29) is 0 Å². The molecule has 0 aliphatic carbocycles. The van der Waals surface area contributed by atoms with Gasteiger partial charge in [0.2, 0.25) is 0 Å². The minimum absolute atomic E-state index is 0.546. The van der Waals surface area contributed by atoms with Crippen LogP contribution >= 0.6 is 0 Å². The Bertz CT molecular complexity index is 730. The van der Waals surface area contributed by atoms with E-state index in [2.05, 4.69) is 62.6 Å². The summed E-state index contributed by atoms with van der Waals surface area (Å²) in [7, 11) is 1.99. The van der Waals surface area contributed by atoms with Crippen LogP contribution in [0.3, 0.4) is 0 Å². The molecule has 7 nitrogen and oxygen atoms in total. The standard InChI is InChI=1S/C20H31N7/c1-4-5-11-21-20(22-16-19-24-23-17(2)25(19)3)27-14-12-26(13-15-27)18-9-7-6-8-10-18/h6-10H,4-5,11-16H2,1-3H3,(H,21,22). The molecule has 2 aromatic rings. The largest absolute Gasteiger partial charge is 0.368 e. The second kappa shape index (κ2) is 9.39. The number of para-hydroxylation sites is 1. The predicted molar refractivity (Wildman–Crippen MR) is 110 cm³/mol. The molecule has 3 rings (SSSR count). The van der Waals surface area contributed by atoms with Crippen LogP contribution in [0.15, 0.2) is 35.3 Å². The fourth-order valence-electron chi connectivity index (χ4n) is 3.19. The predicted octanol–water partition coefficient (Wildman–Crippen LogP) is 2.19. The molecule has 1 aromatic heterocycles. The van der Waals surface area contributed by atoms with Gasteiger partial charge in [0.15, 0.2) is 11.8 Å². The summed E-state index contributed by atoms with van der Waals surface area (Å²) < 4.78 is 2.00. The van der Waals surface area contributed by atoms with Gasteiger partial charge in [0.05, 0.1) is 0 Å². The summed E-state index contributed by atoms with van der Waals surface area (Å²) in [6.07, 6.45) is 2.32. The van der Waals surface area contributed by atoms with Crippen LogP contribution in [0.25, 0.3) is 0 Å². The van der Waals surface area contributed by atoms with Gasteiger partial charge >= 0.3 is 0 Å². The number of benzene rings is 1. The van der Waals surface area contributed by atoms with Crippen LogP contribution in [-0.4, -0.2) is 58.3 Å². The molecule has 0 amide bonds. The van der Waals surface area contributed by atoms with Crippen molar-refractivity contribution in [2.75, 3.05) is 37.6 Å². The highest BCUT2D eigenvalue weighted by Gasteiger charge is 2.20. The van der Waals surface area contributed by atoms with E-state index >= 15 is 0 Å². The van der Waals surface area contributed by atoms with E-state index < -0.39 is 0 Å². The molecule has 2 heterocycles. The highest BCUT2D eigenvalue weighted by Crippen LogP contribution is 2.15. The van der Waals surface area contributed by atoms with Gasteiger partial charge in [0.25, 0.3) is 0 Å². The van der Waals surface area contributed by atoms with Crippen LogP contribution in [0.5, 0.6) is 0 Å². The molecule has 1 fully saturated rings. The summed E-state index contributed by atoms with van der Waals surface area (Å²) in [5.74, 6) is 2.79. The van der Waals surface area contributed by atoms with E-state index in [1.54, 1.807) is 0 Å². The molecule has 1 aliphatic heterocycles. The monoisotopic (exact) mass is 369 g/mol. The van der Waals surface area contributed by atoms with E-state index in [1.807, 2.05) is 18.5 Å². The SMILES string of the molecule is CCCCNC(=NCc1nnc(C)n1C)N1CCN(c2ccccc2)CC1. The van der Waals surface area contributed by atoms with Crippen LogP contribution in [-0.2, 0) is 13.6 Å². The van der Waals surface area contributed by atoms with E-state index in [0.717, 1.165) is 56.8 Å². The number of guanidine groups is 1. The minimum Gasteiger partial charge on any atom is -0.368 e. The number of aryl methyl sites for hydroxylation is 1. The third-order valence-electron chi connectivity index (χ3n) is 5.07. The third-order valence-corrected chi connectivity index (χ3v) is 5.07. The first-order chi connectivity index (χ1) is 13.2. The molecular weight excluding hydrogens is 338 g/mol. The van der Waals surface area contributed by atoms with Crippen molar-refractivity contribution in [2.45, 2.75) is 33.2 Å². The molecule has 1 aliphatic rings. The quantitative estimate of drug-likeness (QED) is 0.480. The van der Waals surface area contributed by atoms with Gasteiger partial charge in [-0.25, -0.2) is 4.99 Å². The van der Waals surface area contributed by atoms with E-state index in [0.29, 0.717) is 6.54 Å². The zero-order valence-electron chi connectivity index (χ0n) is 16.7. The zero-order chi connectivity index (χ0) is 19.1. The van der Waals surface area contributed by atoms with Gasteiger partial charge in [0.1, 0.15) is 12.4 Å². The second-order valence-corrected chi connectivity index (χ2v) is 6.95. The van der Waals surface area contributed by atoms with Crippen LogP contribution in [0.2, 0.25) is 0 Å². The maximum Gasteiger partial charge on any atom is 0.194 e. The van der Waals surface area contributed by atoms with Crippen molar-refractivity contribution < 1.29 is 0 Å². The Hall–Kier alpha value is -2.57. The lowest BCUT2D eigenvalue weighted by Gasteiger charge is -2.37. The molecule has 1 aromatic carbocycles. The number of aromatic nitrogens is 3. The molecule has 0 atom stereocenters. The molecule has 0 radical (unpaired) electrons. The topological polar surface area (TPSA) is 61.6 Å². The molecule has 0 bridgehead atoms. The zero-order valence-corrected chi connectivity index (χ0v) is 16.7. The summed E-state index contributed by atoms with van der Waals surface area (Å²) in [5.41, 5.74) is 1.30. The van der Waals surface area contributed by atoms with Crippen molar-refractivity contribution >= 4 is 11.6 Å². The summed E-state index contributed by atoms with van der Waals surface area (Å²) in [5, 5.41) is 11.9. The molecule has 1 saturated heterocycles. The Morgan fingerprint density at radius 3 is 2.48 bits per heavy atom. The molecule has 1 N–H and O–H groups in total. The number of piperazine rings is 1. The number of rotatable bonds is 6. The number of aliphatic imine (C=N–C) groups is 1. The van der Waals surface area contributed by atoms with Crippen molar-refractivity contribution in [3.63, 3.8) is 0 Å². The summed E-state index contributed by atoms with van der Waals surface area (Å²) in [4.78, 5) is 9.65. The van der Waals surface area contributed by atoms with Crippen molar-refractivity contribution in [2.24, 2.45) is 12.0 Å². The Morgan fingerprint density at radius 1 is 1.11 bits per heavy atom. The summed E-state index contributed by atoms with van der Waals surface area (Å²) in [6, 6.07) is 10.6. The lowest BCUT2D eigenvalue weighted by atomic mass is 10.2. The molecule has 146 valence electrons. The Labute approximate surface area is 162 Å². The number of nitrogens with zero attached hydrogens (tertiary/aromatic N) is 6. The van der Waals surface area contributed by atoms with Crippen molar-refractivity contribution in [3.8, 4) is 0 Å². The number of hydrogen-bond donors (Lipinski definition) is 1. The van der Waals surface area contributed by atoms with Gasteiger partial charge in [-0.15, -0.1) is 10.2 Å². The van der Waals surface area contributed by atoms with Gasteiger partial charge in [-0.1, -0.05) is 31.5 Å². The van der Waals surface area contributed by atoms with E-state index in [9.17, 15) is 0 Å². The van der Waals surface area contributed by atoms with Crippen LogP contribution < -0.4 is 10.2 Å². The normalized spacial score (nSPS) is 15.3. The number of nitrogens with one attached hydrogen (secondary N) is 1. The molecule has 0 spiro atoms. The third kappa shape index (κ3) is 4.99. The lowest BCUT2D eigenvalue weighted by Crippen LogP contribution is -2.52. The summed E-state index contributed by atoms with van der Waals surface area (Å²) >= 11 is 0. The molecular formula is C20H31N7. The molecule has 7 heteroatoms. The Balaban J connectivity index is 1.64. The fourth-order valence-corrected chi connectivity index (χ4v) is 3.19. The van der Waals surface area contributed by atoms with Crippen LogP contribution in [0.4, 0.5) is 5.69 Å². The number of anilines is 1. The van der Waals surface area contributed by atoms with E-state index in [4.69, 9.17) is 4.99 Å². The highest BCUT2D eigenvalue weighted by atomic mass is 15.4. The fraction of sp³-hybridized carbons (Fsp3) is 0.550. The van der Waals surface area contributed by atoms with Crippen molar-refractivity contribution in [1.29, 1.82) is 0 Å². The van der Waals surface area contributed by atoms with Gasteiger partial charge in [-0.3, -0.25) is 0 Å². The average Bonchev–Trinajstić information content (AvgIpc) is 3.03. The highest BCUT2D eigenvalue weighted by molar-refractivity contribution is 5.80. The molecule has 27 heavy (non-hydrogen) atoms. The second-order valence-electron chi connectivity index (χ2n) is 6.95. The maximum absolute atomic E-state index is 4.85. The summed E-state index contributed by atoms with van der Waals surface area (Å²) in [6.45, 7) is 9.60. The average molecular weight is 370 g/mol. The Morgan fingerprint density at radius 2 is 1.85 bits per heavy atom. The van der Waals surface area contributed by atoms with Gasteiger partial charge in [-0.2, -0.15) is 0 Å².